The highest BCUT2D eigenvalue weighted by Crippen LogP contribution is 2.46. The van der Waals surface area contributed by atoms with E-state index in [2.05, 4.69) is 30.6 Å². The number of anilines is 3. The van der Waals surface area contributed by atoms with Crippen LogP contribution < -0.4 is 15.5 Å². The summed E-state index contributed by atoms with van der Waals surface area (Å²) in [4.78, 5) is 63.1. The number of hydrogen-bond acceptors (Lipinski definition) is 10. The lowest BCUT2D eigenvalue weighted by atomic mass is 10.1. The quantitative estimate of drug-likeness (QED) is 0.244. The first kappa shape index (κ1) is 27.8. The summed E-state index contributed by atoms with van der Waals surface area (Å²) in [7, 11) is 1.47. The number of aromatic nitrogens is 6. The first-order valence-electron chi connectivity index (χ1n) is 14.6. The highest BCUT2D eigenvalue weighted by atomic mass is 16.3. The summed E-state index contributed by atoms with van der Waals surface area (Å²) in [5.41, 5.74) is 3.51. The average molecular weight is 597 g/mol. The molecule has 1 saturated heterocycles. The minimum atomic E-state index is -0.658. The zero-order valence-electron chi connectivity index (χ0n) is 24.6. The Kier molecular flexibility index (Phi) is 6.72. The second kappa shape index (κ2) is 10.6. The van der Waals surface area contributed by atoms with Crippen LogP contribution in [0.15, 0.2) is 36.8 Å². The van der Waals surface area contributed by atoms with Gasteiger partial charge in [-0.2, -0.15) is 0 Å². The minimum Gasteiger partial charge on any atom is -0.394 e. The highest BCUT2D eigenvalue weighted by Gasteiger charge is 2.46. The number of aryl methyl sites for hydroxylation is 2. The molecule has 2 saturated carbocycles. The van der Waals surface area contributed by atoms with Crippen LogP contribution in [0.5, 0.6) is 0 Å². The summed E-state index contributed by atoms with van der Waals surface area (Å²) in [6, 6.07) is 4.32. The van der Waals surface area contributed by atoms with E-state index in [9.17, 15) is 19.5 Å². The topological polar surface area (TPSA) is 171 Å². The monoisotopic (exact) mass is 596 g/mol. The standard InChI is InChI=1S/C30H32N10O4/c1-15-6-7-31-27(32-15)19-9-20(19)29(43)37-25-10-24(33-16(2)34-25)35-22(14-41)21-12-39-11-18(17-4-5-17)8-23(28(39)36-21)40-13-26(42)38(3)30(40)44/h6-8,10-12,17,19-20,22,41H,4-5,9,13-14H2,1-3H3,(H2,33,34,35,37,43). The molecule has 0 spiro atoms. The Morgan fingerprint density at radius 1 is 1.09 bits per heavy atom. The summed E-state index contributed by atoms with van der Waals surface area (Å²) >= 11 is 0. The fourth-order valence-electron chi connectivity index (χ4n) is 5.65. The predicted octanol–water partition coefficient (Wildman–Crippen LogP) is 2.69. The van der Waals surface area contributed by atoms with Crippen molar-refractivity contribution in [1.29, 1.82) is 0 Å². The molecule has 4 amide bonds. The van der Waals surface area contributed by atoms with Gasteiger partial charge in [-0.3, -0.25) is 19.4 Å². The van der Waals surface area contributed by atoms with Gasteiger partial charge < -0.3 is 20.1 Å². The predicted molar refractivity (Wildman–Crippen MR) is 159 cm³/mol. The Morgan fingerprint density at radius 2 is 1.89 bits per heavy atom. The van der Waals surface area contributed by atoms with Gasteiger partial charge in [0.05, 0.1) is 24.0 Å². The number of likely N-dealkylation sites (N-methyl/N-ethyl adjacent to an activating group) is 1. The van der Waals surface area contributed by atoms with E-state index in [4.69, 9.17) is 4.98 Å². The van der Waals surface area contributed by atoms with Gasteiger partial charge in [0.25, 0.3) is 0 Å². The lowest BCUT2D eigenvalue weighted by molar-refractivity contribution is -0.124. The normalized spacial score (nSPS) is 20.4. The molecular formula is C30H32N10O4. The van der Waals surface area contributed by atoms with Gasteiger partial charge >= 0.3 is 6.03 Å². The zero-order valence-corrected chi connectivity index (χ0v) is 24.6. The van der Waals surface area contributed by atoms with Crippen molar-refractivity contribution < 1.29 is 19.5 Å². The van der Waals surface area contributed by atoms with Crippen LogP contribution in [-0.4, -0.2) is 77.4 Å². The number of imidazole rings is 1. The Labute approximate surface area is 252 Å². The number of aliphatic hydroxyl groups is 1. The third kappa shape index (κ3) is 5.21. The van der Waals surface area contributed by atoms with E-state index in [1.165, 1.54) is 11.9 Å². The van der Waals surface area contributed by atoms with E-state index in [1.807, 2.05) is 35.9 Å². The fraction of sp³-hybridized carbons (Fsp3) is 0.400. The van der Waals surface area contributed by atoms with E-state index in [0.29, 0.717) is 52.7 Å². The molecule has 44 heavy (non-hydrogen) atoms. The van der Waals surface area contributed by atoms with Crippen LogP contribution in [0.2, 0.25) is 0 Å². The molecule has 0 aromatic carbocycles. The molecule has 5 heterocycles. The third-order valence-electron chi connectivity index (χ3n) is 8.32. The van der Waals surface area contributed by atoms with E-state index in [-0.39, 0.29) is 36.8 Å². The maximum atomic E-state index is 13.0. The Bertz CT molecular complexity index is 1820. The molecular weight excluding hydrogens is 564 g/mol. The van der Waals surface area contributed by atoms with Crippen molar-refractivity contribution in [2.24, 2.45) is 5.92 Å². The molecule has 3 N–H and O–H groups in total. The van der Waals surface area contributed by atoms with Crippen molar-refractivity contribution in [2.75, 3.05) is 35.7 Å². The maximum absolute atomic E-state index is 13.0. The number of carbonyl (C=O) groups is 3. The lowest BCUT2D eigenvalue weighted by Gasteiger charge is -2.17. The number of hydrogen-bond donors (Lipinski definition) is 3. The van der Waals surface area contributed by atoms with E-state index in [1.54, 1.807) is 19.2 Å². The van der Waals surface area contributed by atoms with Crippen LogP contribution in [0.25, 0.3) is 5.65 Å². The van der Waals surface area contributed by atoms with Crippen LogP contribution in [0.1, 0.15) is 65.7 Å². The lowest BCUT2D eigenvalue weighted by Crippen LogP contribution is -2.30. The average Bonchev–Trinajstić information content (AvgIpc) is 3.92. The maximum Gasteiger partial charge on any atom is 0.331 e. The number of urea groups is 1. The van der Waals surface area contributed by atoms with Gasteiger partial charge in [0, 0.05) is 49.2 Å². The van der Waals surface area contributed by atoms with Gasteiger partial charge in [-0.1, -0.05) is 0 Å². The number of imide groups is 1. The number of carbonyl (C=O) groups excluding carboxylic acids is 3. The summed E-state index contributed by atoms with van der Waals surface area (Å²) in [6.07, 6.45) is 8.30. The minimum absolute atomic E-state index is 0.0241. The number of fused-ring (bicyclic) bond motifs is 1. The molecule has 4 aromatic rings. The Balaban J connectivity index is 1.12. The SMILES string of the molecule is Cc1ccnc(C2CC2C(=O)Nc2cc(NC(CO)c3cn4cc(C5CC5)cc(N5CC(=O)N(C)C5=O)c4n3)nc(C)n2)n1. The van der Waals surface area contributed by atoms with Crippen LogP contribution in [0, 0.1) is 19.8 Å². The molecule has 1 aliphatic heterocycles. The molecule has 3 atom stereocenters. The van der Waals surface area contributed by atoms with Crippen molar-refractivity contribution in [3.8, 4) is 0 Å². The fourth-order valence-corrected chi connectivity index (χ4v) is 5.65. The Morgan fingerprint density at radius 3 is 2.59 bits per heavy atom. The molecule has 4 aromatic heterocycles. The van der Waals surface area contributed by atoms with Gasteiger partial charge in [-0.05, 0) is 56.7 Å². The number of amides is 4. The third-order valence-corrected chi connectivity index (χ3v) is 8.32. The molecule has 7 rings (SSSR count). The molecule has 14 nitrogen and oxygen atoms in total. The molecule has 0 bridgehead atoms. The second-order valence-corrected chi connectivity index (χ2v) is 11.7. The first-order chi connectivity index (χ1) is 21.2. The number of rotatable bonds is 9. The van der Waals surface area contributed by atoms with Gasteiger partial charge in [0.2, 0.25) is 11.8 Å². The van der Waals surface area contributed by atoms with Crippen molar-refractivity contribution in [2.45, 2.75) is 51.0 Å². The largest absolute Gasteiger partial charge is 0.394 e. The van der Waals surface area contributed by atoms with Gasteiger partial charge in [-0.25, -0.2) is 29.7 Å². The number of aliphatic hydroxyl groups excluding tert-OH is 1. The van der Waals surface area contributed by atoms with Crippen LogP contribution >= 0.6 is 0 Å². The molecule has 2 aliphatic carbocycles. The molecule has 14 heteroatoms. The smallest absolute Gasteiger partial charge is 0.331 e. The van der Waals surface area contributed by atoms with Crippen LogP contribution in [-0.2, 0) is 9.59 Å². The number of nitrogens with zero attached hydrogens (tertiary/aromatic N) is 8. The summed E-state index contributed by atoms with van der Waals surface area (Å²) in [5, 5.41) is 16.5. The van der Waals surface area contributed by atoms with Crippen molar-refractivity contribution in [3.63, 3.8) is 0 Å². The first-order valence-corrected chi connectivity index (χ1v) is 14.6. The summed E-state index contributed by atoms with van der Waals surface area (Å²) in [5.74, 6) is 1.54. The van der Waals surface area contributed by atoms with Gasteiger partial charge in [-0.15, -0.1) is 0 Å². The second-order valence-electron chi connectivity index (χ2n) is 11.7. The van der Waals surface area contributed by atoms with E-state index >= 15 is 0 Å². The number of pyridine rings is 1. The van der Waals surface area contributed by atoms with E-state index in [0.717, 1.165) is 29.0 Å². The van der Waals surface area contributed by atoms with Crippen molar-refractivity contribution in [1.82, 2.24) is 34.2 Å². The van der Waals surface area contributed by atoms with Crippen molar-refractivity contribution in [3.05, 3.63) is 65.4 Å². The van der Waals surface area contributed by atoms with E-state index < -0.39 is 12.1 Å². The van der Waals surface area contributed by atoms with Crippen LogP contribution in [0.3, 0.4) is 0 Å². The zero-order chi connectivity index (χ0) is 30.7. The van der Waals surface area contributed by atoms with Crippen molar-refractivity contribution >= 4 is 40.8 Å². The summed E-state index contributed by atoms with van der Waals surface area (Å²) in [6.45, 7) is 3.25. The molecule has 3 aliphatic rings. The molecule has 3 fully saturated rings. The van der Waals surface area contributed by atoms with Gasteiger partial charge in [0.15, 0.2) is 5.65 Å². The molecule has 0 radical (unpaired) electrons. The Hall–Kier alpha value is -4.98. The van der Waals surface area contributed by atoms with Crippen LogP contribution in [0.4, 0.5) is 22.1 Å². The highest BCUT2D eigenvalue weighted by molar-refractivity contribution is 6.13. The number of nitrogens with one attached hydrogen (secondary N) is 2. The van der Waals surface area contributed by atoms with Gasteiger partial charge in [0.1, 0.15) is 29.8 Å². The molecule has 3 unspecified atom stereocenters. The summed E-state index contributed by atoms with van der Waals surface area (Å²) < 4.78 is 1.85. The molecule has 226 valence electrons.